The molecule has 3 nitrogen and oxygen atoms in total. The maximum absolute atomic E-state index is 7.75. The molecule has 66 valence electrons. The molecule has 0 aliphatic rings. The van der Waals surface area contributed by atoms with E-state index in [1.807, 2.05) is 0 Å². The van der Waals surface area contributed by atoms with Gasteiger partial charge in [0, 0.05) is 12.3 Å². The number of hydrogen-bond acceptors (Lipinski definition) is 2. The Morgan fingerprint density at radius 2 is 2.31 bits per heavy atom. The topological polar surface area (TPSA) is 30.7 Å². The summed E-state index contributed by atoms with van der Waals surface area (Å²) >= 11 is 6.14. The van der Waals surface area contributed by atoms with Crippen LogP contribution in [0.5, 0.6) is 0 Å². The number of halogens is 2. The maximum Gasteiger partial charge on any atom is 0.167 e. The van der Waals surface area contributed by atoms with E-state index in [-0.39, 0.29) is 45.4 Å². The fraction of sp³-hybridized carbons (Fsp3) is 0. The summed E-state index contributed by atoms with van der Waals surface area (Å²) < 4.78 is 39.2. The molecule has 0 atom stereocenters. The molecule has 0 N–H and O–H groups in total. The van der Waals surface area contributed by atoms with Crippen LogP contribution in [0.25, 0.3) is 5.82 Å². The lowest BCUT2D eigenvalue weighted by molar-refractivity contribution is 0.841. The van der Waals surface area contributed by atoms with Gasteiger partial charge in [-0.3, -0.25) is 0 Å². The van der Waals surface area contributed by atoms with Crippen LogP contribution in [0.2, 0.25) is 0 Å². The second-order valence-corrected chi connectivity index (χ2v) is 3.65. The summed E-state index contributed by atoms with van der Waals surface area (Å²) in [5, 5.41) is 3.78. The molecule has 0 aliphatic heterocycles. The Morgan fingerprint density at radius 3 is 3.00 bits per heavy atom. The first-order valence-corrected chi connectivity index (χ1v) is 4.78. The molecule has 0 radical (unpaired) electrons. The Labute approximate surface area is 99.1 Å². The van der Waals surface area contributed by atoms with Crippen LogP contribution in [0.1, 0.15) is 6.85 Å². The SMILES string of the molecule is [2H]c1nc(-n2nc([2H])c(Br)c2[2H])c(Br)c([2H])c1[2H]. The van der Waals surface area contributed by atoms with Crippen LogP contribution in [-0.4, -0.2) is 14.8 Å². The second-order valence-electron chi connectivity index (χ2n) is 2.06. The molecule has 0 bridgehead atoms. The van der Waals surface area contributed by atoms with Crippen LogP contribution in [0.4, 0.5) is 0 Å². The van der Waals surface area contributed by atoms with Crippen molar-refractivity contribution in [2.75, 3.05) is 0 Å². The van der Waals surface area contributed by atoms with Gasteiger partial charge in [0.05, 0.1) is 22.0 Å². The van der Waals surface area contributed by atoms with E-state index in [0.29, 0.717) is 0 Å². The van der Waals surface area contributed by atoms with Crippen LogP contribution >= 0.6 is 31.9 Å². The second kappa shape index (κ2) is 3.59. The van der Waals surface area contributed by atoms with Crippen molar-refractivity contribution in [1.82, 2.24) is 14.8 Å². The van der Waals surface area contributed by atoms with Gasteiger partial charge in [-0.2, -0.15) is 5.10 Å². The Morgan fingerprint density at radius 1 is 1.46 bits per heavy atom. The predicted octanol–water partition coefficient (Wildman–Crippen LogP) is 2.79. The van der Waals surface area contributed by atoms with Crippen molar-refractivity contribution >= 4 is 31.9 Å². The lowest BCUT2D eigenvalue weighted by Crippen LogP contribution is -1.97. The maximum atomic E-state index is 7.75. The van der Waals surface area contributed by atoms with Gasteiger partial charge in [-0.1, -0.05) is 0 Å². The Balaban J connectivity index is 2.76. The monoisotopic (exact) mass is 306 g/mol. The van der Waals surface area contributed by atoms with Gasteiger partial charge < -0.3 is 0 Å². The molecular weight excluding hydrogens is 298 g/mol. The number of rotatable bonds is 1. The molecule has 13 heavy (non-hydrogen) atoms. The third-order valence-electron chi connectivity index (χ3n) is 1.24. The molecule has 2 rings (SSSR count). The lowest BCUT2D eigenvalue weighted by atomic mass is 10.5. The van der Waals surface area contributed by atoms with Gasteiger partial charge in [0.1, 0.15) is 0 Å². The lowest BCUT2D eigenvalue weighted by Gasteiger charge is -2.00. The highest BCUT2D eigenvalue weighted by molar-refractivity contribution is 9.10. The van der Waals surface area contributed by atoms with Gasteiger partial charge in [0.2, 0.25) is 0 Å². The molecule has 2 heterocycles. The minimum absolute atomic E-state index is 0.0465. The van der Waals surface area contributed by atoms with E-state index >= 15 is 0 Å². The molecule has 0 unspecified atom stereocenters. The standard InChI is InChI=1S/C8H5Br2N3/c9-6-4-12-13(5-6)8-7(10)2-1-3-11-8/h1-5H/i1D,2D,3D,4D,5D. The average Bonchev–Trinajstić information content (AvgIpc) is 2.59. The summed E-state index contributed by atoms with van der Waals surface area (Å²) in [6.45, 7) is 0. The third kappa shape index (κ3) is 1.81. The molecule has 0 spiro atoms. The van der Waals surface area contributed by atoms with Crippen molar-refractivity contribution < 1.29 is 6.85 Å². The number of pyridine rings is 1. The smallest absolute Gasteiger partial charge is 0.167 e. The van der Waals surface area contributed by atoms with Crippen molar-refractivity contribution in [3.05, 3.63) is 39.5 Å². The minimum Gasteiger partial charge on any atom is -0.236 e. The summed E-state index contributed by atoms with van der Waals surface area (Å²) in [7, 11) is 0. The molecule has 0 aliphatic carbocycles. The quantitative estimate of drug-likeness (QED) is 0.811. The molecule has 2 aromatic heterocycles. The van der Waals surface area contributed by atoms with Crippen molar-refractivity contribution in [1.29, 1.82) is 0 Å². The van der Waals surface area contributed by atoms with E-state index in [1.54, 1.807) is 0 Å². The van der Waals surface area contributed by atoms with Crippen molar-refractivity contribution in [3.63, 3.8) is 0 Å². The van der Waals surface area contributed by atoms with Crippen molar-refractivity contribution in [2.45, 2.75) is 0 Å². The molecule has 0 saturated heterocycles. The average molecular weight is 308 g/mol. The minimum atomic E-state index is -0.379. The van der Waals surface area contributed by atoms with E-state index in [0.717, 1.165) is 4.68 Å². The molecule has 0 fully saturated rings. The van der Waals surface area contributed by atoms with Crippen molar-refractivity contribution in [3.8, 4) is 5.82 Å². The zero-order chi connectivity index (χ0) is 13.6. The molecule has 2 aromatic rings. The summed E-state index contributed by atoms with van der Waals surface area (Å²) in [5.41, 5.74) is 0. The first kappa shape index (κ1) is 4.70. The molecule has 0 saturated carbocycles. The molecule has 5 heteroatoms. The summed E-state index contributed by atoms with van der Waals surface area (Å²) in [4.78, 5) is 3.81. The van der Waals surface area contributed by atoms with Gasteiger partial charge in [-0.25, -0.2) is 9.67 Å². The molecular formula is C8H5Br2N3. The highest BCUT2D eigenvalue weighted by atomic mass is 79.9. The largest absolute Gasteiger partial charge is 0.236 e. The van der Waals surface area contributed by atoms with Crippen LogP contribution in [0.3, 0.4) is 0 Å². The van der Waals surface area contributed by atoms with Crippen LogP contribution in [-0.2, 0) is 0 Å². The van der Waals surface area contributed by atoms with E-state index in [1.165, 1.54) is 0 Å². The summed E-state index contributed by atoms with van der Waals surface area (Å²) in [6, 6.07) is -0.517. The van der Waals surface area contributed by atoms with Gasteiger partial charge >= 0.3 is 0 Å². The highest BCUT2D eigenvalue weighted by Gasteiger charge is 2.03. The number of hydrogen-bond donors (Lipinski definition) is 0. The Hall–Kier alpha value is -0.680. The van der Waals surface area contributed by atoms with E-state index < -0.39 is 0 Å². The van der Waals surface area contributed by atoms with Gasteiger partial charge in [-0.05, 0) is 43.9 Å². The molecule has 0 aromatic carbocycles. The Kier molecular flexibility index (Phi) is 1.30. The van der Waals surface area contributed by atoms with Gasteiger partial charge in [0.25, 0.3) is 0 Å². The van der Waals surface area contributed by atoms with E-state index in [2.05, 4.69) is 41.9 Å². The van der Waals surface area contributed by atoms with Gasteiger partial charge in [-0.15, -0.1) is 0 Å². The number of aromatic nitrogens is 3. The third-order valence-corrected chi connectivity index (χ3v) is 2.15. The first-order valence-electron chi connectivity index (χ1n) is 5.70. The Bertz CT molecular complexity index is 642. The normalized spacial score (nSPS) is 15.7. The van der Waals surface area contributed by atoms with Crippen LogP contribution in [0, 0.1) is 0 Å². The summed E-state index contributed by atoms with van der Waals surface area (Å²) in [6.07, 6.45) is -0.623. The zero-order valence-electron chi connectivity index (χ0n) is 11.1. The zero-order valence-corrected chi connectivity index (χ0v) is 9.27. The van der Waals surface area contributed by atoms with E-state index in [9.17, 15) is 0 Å². The first-order chi connectivity index (χ1) is 8.34. The van der Waals surface area contributed by atoms with Crippen molar-refractivity contribution in [2.24, 2.45) is 0 Å². The fourth-order valence-electron chi connectivity index (χ4n) is 0.746. The van der Waals surface area contributed by atoms with Gasteiger partial charge in [0.15, 0.2) is 5.82 Å². The predicted molar refractivity (Wildman–Crippen MR) is 56.8 cm³/mol. The highest BCUT2D eigenvalue weighted by Crippen LogP contribution is 2.18. The fourth-order valence-corrected chi connectivity index (χ4v) is 1.35. The summed E-state index contributed by atoms with van der Waals surface area (Å²) in [5.74, 6) is 0.0465. The van der Waals surface area contributed by atoms with Crippen LogP contribution in [0.15, 0.2) is 39.5 Å². The van der Waals surface area contributed by atoms with E-state index in [4.69, 9.17) is 6.85 Å². The van der Waals surface area contributed by atoms with Crippen LogP contribution < -0.4 is 0 Å². The molecule has 0 amide bonds. The number of nitrogens with zero attached hydrogens (tertiary/aromatic N) is 3.